The van der Waals surface area contributed by atoms with E-state index in [0.717, 1.165) is 12.8 Å². The molecule has 1 amide bonds. The van der Waals surface area contributed by atoms with E-state index in [1.807, 2.05) is 18.2 Å². The average Bonchev–Trinajstić information content (AvgIpc) is 2.36. The molecular weight excluding hydrogens is 230 g/mol. The number of rotatable bonds is 7. The molecule has 0 unspecified atom stereocenters. The molecule has 4 nitrogen and oxygen atoms in total. The summed E-state index contributed by atoms with van der Waals surface area (Å²) < 4.78 is 4.71. The van der Waals surface area contributed by atoms with Crippen molar-refractivity contribution in [2.75, 3.05) is 13.2 Å². The molecule has 0 aliphatic carbocycles. The van der Waals surface area contributed by atoms with Crippen molar-refractivity contribution >= 4 is 11.9 Å². The summed E-state index contributed by atoms with van der Waals surface area (Å²) in [5.74, 6) is -0.327. The van der Waals surface area contributed by atoms with Crippen molar-refractivity contribution in [2.45, 2.75) is 26.2 Å². The van der Waals surface area contributed by atoms with Crippen LogP contribution in [0.4, 0.5) is 0 Å². The molecule has 0 aliphatic heterocycles. The largest absolute Gasteiger partial charge is 0.464 e. The molecule has 0 radical (unpaired) electrons. The van der Waals surface area contributed by atoms with E-state index in [1.54, 1.807) is 0 Å². The summed E-state index contributed by atoms with van der Waals surface area (Å²) in [6.07, 6.45) is 2.22. The lowest BCUT2D eigenvalue weighted by molar-refractivity contribution is -0.141. The Hall–Kier alpha value is -1.84. The molecule has 0 fully saturated rings. The van der Waals surface area contributed by atoms with Gasteiger partial charge >= 0.3 is 5.97 Å². The number of carbonyl (C=O) groups is 2. The van der Waals surface area contributed by atoms with Crippen LogP contribution in [0.2, 0.25) is 0 Å². The second-order valence-corrected chi connectivity index (χ2v) is 4.03. The van der Waals surface area contributed by atoms with Crippen molar-refractivity contribution in [1.82, 2.24) is 5.32 Å². The smallest absolute Gasteiger partial charge is 0.302 e. The quantitative estimate of drug-likeness (QED) is 0.591. The van der Waals surface area contributed by atoms with Crippen molar-refractivity contribution in [3.05, 3.63) is 35.9 Å². The Morgan fingerprint density at radius 2 is 1.94 bits per heavy atom. The first-order valence-corrected chi connectivity index (χ1v) is 6.12. The van der Waals surface area contributed by atoms with Gasteiger partial charge in [-0.1, -0.05) is 30.3 Å². The number of hydrogen-bond acceptors (Lipinski definition) is 3. The highest BCUT2D eigenvalue weighted by atomic mass is 16.5. The Balaban J connectivity index is 2.05. The van der Waals surface area contributed by atoms with Crippen molar-refractivity contribution in [3.63, 3.8) is 0 Å². The summed E-state index contributed by atoms with van der Waals surface area (Å²) in [7, 11) is 0. The minimum atomic E-state index is -0.326. The molecule has 0 atom stereocenters. The molecule has 0 aromatic heterocycles. The maximum absolute atomic E-state index is 11.4. The summed E-state index contributed by atoms with van der Waals surface area (Å²) >= 11 is 0. The van der Waals surface area contributed by atoms with Crippen molar-refractivity contribution in [2.24, 2.45) is 0 Å². The van der Waals surface area contributed by atoms with Crippen molar-refractivity contribution in [1.29, 1.82) is 0 Å². The summed E-state index contributed by atoms with van der Waals surface area (Å²) in [4.78, 5) is 21.9. The topological polar surface area (TPSA) is 55.4 Å². The van der Waals surface area contributed by atoms with E-state index in [4.69, 9.17) is 4.74 Å². The maximum Gasteiger partial charge on any atom is 0.302 e. The number of esters is 1. The third-order valence-corrected chi connectivity index (χ3v) is 2.44. The van der Waals surface area contributed by atoms with Gasteiger partial charge in [0.1, 0.15) is 6.61 Å². The van der Waals surface area contributed by atoms with E-state index in [0.29, 0.717) is 13.0 Å². The number of aryl methyl sites for hydroxylation is 1. The van der Waals surface area contributed by atoms with E-state index in [9.17, 15) is 9.59 Å². The first-order valence-electron chi connectivity index (χ1n) is 6.12. The van der Waals surface area contributed by atoms with Gasteiger partial charge < -0.3 is 10.1 Å². The number of ether oxygens (including phenoxy) is 1. The zero-order valence-electron chi connectivity index (χ0n) is 10.6. The van der Waals surface area contributed by atoms with Gasteiger partial charge in [-0.05, 0) is 18.4 Å². The molecule has 0 spiro atoms. The highest BCUT2D eigenvalue weighted by Gasteiger charge is 2.01. The van der Waals surface area contributed by atoms with Gasteiger partial charge in [0, 0.05) is 13.3 Å². The van der Waals surface area contributed by atoms with Gasteiger partial charge in [-0.25, -0.2) is 0 Å². The van der Waals surface area contributed by atoms with Crippen LogP contribution in [0.15, 0.2) is 30.3 Å². The fourth-order valence-electron chi connectivity index (χ4n) is 1.57. The monoisotopic (exact) mass is 249 g/mol. The molecule has 0 saturated heterocycles. The zero-order chi connectivity index (χ0) is 13.2. The Morgan fingerprint density at radius 1 is 1.22 bits per heavy atom. The third-order valence-electron chi connectivity index (χ3n) is 2.44. The second kappa shape index (κ2) is 8.28. The lowest BCUT2D eigenvalue weighted by atomic mass is 10.1. The van der Waals surface area contributed by atoms with Gasteiger partial charge in [0.2, 0.25) is 5.91 Å². The van der Waals surface area contributed by atoms with Crippen LogP contribution in [0, 0.1) is 0 Å². The molecule has 4 heteroatoms. The first kappa shape index (κ1) is 14.2. The minimum absolute atomic E-state index is 0.00177. The Kier molecular flexibility index (Phi) is 6.54. The summed E-state index contributed by atoms with van der Waals surface area (Å²) in [5.41, 5.74) is 1.24. The predicted octanol–water partition coefficient (Wildman–Crippen LogP) is 1.69. The maximum atomic E-state index is 11.4. The highest BCUT2D eigenvalue weighted by molar-refractivity contribution is 5.75. The van der Waals surface area contributed by atoms with Crippen LogP contribution in [0.5, 0.6) is 0 Å². The fourth-order valence-corrected chi connectivity index (χ4v) is 1.57. The third kappa shape index (κ3) is 6.68. The van der Waals surface area contributed by atoms with E-state index in [1.165, 1.54) is 12.5 Å². The number of benzene rings is 1. The number of carbonyl (C=O) groups excluding carboxylic acids is 2. The molecule has 0 aliphatic rings. The van der Waals surface area contributed by atoms with Crippen molar-refractivity contribution < 1.29 is 14.3 Å². The molecule has 0 saturated carbocycles. The number of hydrogen-bond donors (Lipinski definition) is 1. The van der Waals surface area contributed by atoms with Gasteiger partial charge in [-0.15, -0.1) is 0 Å². The average molecular weight is 249 g/mol. The standard InChI is InChI=1S/C14H19NO3/c1-12(16)18-11-10-15-14(17)9-5-8-13-6-3-2-4-7-13/h2-4,6-7H,5,8-11H2,1H3,(H,15,17). The van der Waals surface area contributed by atoms with Gasteiger partial charge in [-0.2, -0.15) is 0 Å². The molecule has 1 aromatic rings. The molecular formula is C14H19NO3. The van der Waals surface area contributed by atoms with Crippen LogP contribution in [0.25, 0.3) is 0 Å². The second-order valence-electron chi connectivity index (χ2n) is 4.03. The summed E-state index contributed by atoms with van der Waals surface area (Å²) in [5, 5.41) is 2.71. The molecule has 1 aromatic carbocycles. The van der Waals surface area contributed by atoms with Crippen LogP contribution in [0.1, 0.15) is 25.3 Å². The molecule has 98 valence electrons. The highest BCUT2D eigenvalue weighted by Crippen LogP contribution is 2.04. The molecule has 1 N–H and O–H groups in total. The Morgan fingerprint density at radius 3 is 2.61 bits per heavy atom. The van der Waals surface area contributed by atoms with Crippen molar-refractivity contribution in [3.8, 4) is 0 Å². The lowest BCUT2D eigenvalue weighted by Gasteiger charge is -2.05. The SMILES string of the molecule is CC(=O)OCCNC(=O)CCCc1ccccc1. The van der Waals surface area contributed by atoms with E-state index in [2.05, 4.69) is 17.4 Å². The van der Waals surface area contributed by atoms with E-state index < -0.39 is 0 Å². The van der Waals surface area contributed by atoms with E-state index in [-0.39, 0.29) is 18.5 Å². The number of nitrogens with one attached hydrogen (secondary N) is 1. The molecule has 0 bridgehead atoms. The van der Waals surface area contributed by atoms with Gasteiger partial charge in [0.15, 0.2) is 0 Å². The molecule has 18 heavy (non-hydrogen) atoms. The summed E-state index contributed by atoms with van der Waals surface area (Å²) in [6.45, 7) is 1.96. The Labute approximate surface area is 107 Å². The normalized spacial score (nSPS) is 9.83. The minimum Gasteiger partial charge on any atom is -0.464 e. The lowest BCUT2D eigenvalue weighted by Crippen LogP contribution is -2.27. The van der Waals surface area contributed by atoms with Crippen LogP contribution < -0.4 is 5.32 Å². The van der Waals surface area contributed by atoms with Crippen LogP contribution in [-0.2, 0) is 20.7 Å². The van der Waals surface area contributed by atoms with E-state index >= 15 is 0 Å². The first-order chi connectivity index (χ1) is 8.68. The van der Waals surface area contributed by atoms with Crippen LogP contribution in [-0.4, -0.2) is 25.0 Å². The Bertz CT molecular complexity index is 376. The fraction of sp³-hybridized carbons (Fsp3) is 0.429. The zero-order valence-corrected chi connectivity index (χ0v) is 10.6. The van der Waals surface area contributed by atoms with Gasteiger partial charge in [-0.3, -0.25) is 9.59 Å². The number of amides is 1. The van der Waals surface area contributed by atoms with Gasteiger partial charge in [0.25, 0.3) is 0 Å². The van der Waals surface area contributed by atoms with Crippen LogP contribution >= 0.6 is 0 Å². The molecule has 0 heterocycles. The predicted molar refractivity (Wildman–Crippen MR) is 69.0 cm³/mol. The van der Waals surface area contributed by atoms with Crippen LogP contribution in [0.3, 0.4) is 0 Å². The molecule has 1 rings (SSSR count). The summed E-state index contributed by atoms with van der Waals surface area (Å²) in [6, 6.07) is 10.1. The van der Waals surface area contributed by atoms with Gasteiger partial charge in [0.05, 0.1) is 6.54 Å².